The fraction of sp³-hybridized carbons (Fsp3) is 0.278. The number of anilines is 1. The summed E-state index contributed by atoms with van der Waals surface area (Å²) in [5.41, 5.74) is -1.20. The molecule has 0 atom stereocenters. The molecule has 152 valence electrons. The molecule has 0 unspecified atom stereocenters. The third-order valence-corrected chi connectivity index (χ3v) is 3.50. The van der Waals surface area contributed by atoms with Crippen LogP contribution >= 0.6 is 0 Å². The molecule has 0 saturated heterocycles. The van der Waals surface area contributed by atoms with Crippen molar-refractivity contribution in [3.63, 3.8) is 0 Å². The minimum atomic E-state index is -4.61. The third kappa shape index (κ3) is 5.24. The zero-order valence-electron chi connectivity index (χ0n) is 14.8. The standard InChI is InChI=1S/C18H16F5NO4/c1-3-27-13-7-5-11(18(21,22)23)9-12(13)24-16(25)10-4-6-14(28-17(19)20)15(8-10)26-2/h4-9,17H,3H2,1-2H3,(H,24,25). The van der Waals surface area contributed by atoms with E-state index in [4.69, 9.17) is 9.47 Å². The number of carbonyl (C=O) groups excluding carboxylic acids is 1. The van der Waals surface area contributed by atoms with Gasteiger partial charge in [0, 0.05) is 5.56 Å². The van der Waals surface area contributed by atoms with Crippen molar-refractivity contribution in [2.24, 2.45) is 0 Å². The van der Waals surface area contributed by atoms with Crippen molar-refractivity contribution in [2.45, 2.75) is 19.7 Å². The number of methoxy groups -OCH3 is 1. The van der Waals surface area contributed by atoms with Crippen molar-refractivity contribution in [2.75, 3.05) is 19.0 Å². The van der Waals surface area contributed by atoms with Gasteiger partial charge >= 0.3 is 12.8 Å². The quantitative estimate of drug-likeness (QED) is 0.661. The van der Waals surface area contributed by atoms with Gasteiger partial charge in [-0.3, -0.25) is 4.79 Å². The smallest absolute Gasteiger partial charge is 0.416 e. The van der Waals surface area contributed by atoms with E-state index in [1.165, 1.54) is 13.2 Å². The Bertz CT molecular complexity index is 839. The molecule has 0 spiro atoms. The zero-order valence-corrected chi connectivity index (χ0v) is 14.8. The number of ether oxygens (including phenoxy) is 3. The summed E-state index contributed by atoms with van der Waals surface area (Å²) in [6.45, 7) is -1.29. The Balaban J connectivity index is 2.33. The maximum absolute atomic E-state index is 12.9. The maximum Gasteiger partial charge on any atom is 0.416 e. The van der Waals surface area contributed by atoms with Crippen molar-refractivity contribution in [1.82, 2.24) is 0 Å². The van der Waals surface area contributed by atoms with Gasteiger partial charge in [-0.1, -0.05) is 0 Å². The lowest BCUT2D eigenvalue weighted by Gasteiger charge is -2.15. The minimum absolute atomic E-state index is 0.0432. The minimum Gasteiger partial charge on any atom is -0.493 e. The summed E-state index contributed by atoms with van der Waals surface area (Å²) in [5, 5.41) is 2.33. The van der Waals surface area contributed by atoms with Crippen LogP contribution in [0, 0.1) is 0 Å². The molecule has 0 bridgehead atoms. The molecule has 2 aromatic rings. The highest BCUT2D eigenvalue weighted by Crippen LogP contribution is 2.36. The summed E-state index contributed by atoms with van der Waals surface area (Å²) >= 11 is 0. The highest BCUT2D eigenvalue weighted by Gasteiger charge is 2.31. The second kappa shape index (κ2) is 8.77. The predicted molar refractivity (Wildman–Crippen MR) is 90.2 cm³/mol. The van der Waals surface area contributed by atoms with Crippen LogP contribution in [0.25, 0.3) is 0 Å². The van der Waals surface area contributed by atoms with Gasteiger partial charge in [0.05, 0.1) is 25.0 Å². The Morgan fingerprint density at radius 1 is 1.07 bits per heavy atom. The van der Waals surface area contributed by atoms with Crippen LogP contribution in [0.5, 0.6) is 17.2 Å². The molecule has 0 saturated carbocycles. The summed E-state index contributed by atoms with van der Waals surface area (Å²) in [6, 6.07) is 6.07. The molecule has 28 heavy (non-hydrogen) atoms. The van der Waals surface area contributed by atoms with Gasteiger partial charge in [-0.05, 0) is 43.3 Å². The first-order chi connectivity index (χ1) is 13.2. The Labute approximate surface area is 157 Å². The molecule has 0 fully saturated rings. The van der Waals surface area contributed by atoms with E-state index in [2.05, 4.69) is 10.1 Å². The number of carbonyl (C=O) groups is 1. The summed E-state index contributed by atoms with van der Waals surface area (Å²) in [6.07, 6.45) is -4.61. The van der Waals surface area contributed by atoms with Crippen molar-refractivity contribution < 1.29 is 41.0 Å². The van der Waals surface area contributed by atoms with Crippen molar-refractivity contribution in [1.29, 1.82) is 0 Å². The van der Waals surface area contributed by atoms with Crippen LogP contribution in [0.4, 0.5) is 27.6 Å². The van der Waals surface area contributed by atoms with Gasteiger partial charge in [0.25, 0.3) is 5.91 Å². The second-order valence-corrected chi connectivity index (χ2v) is 5.34. The summed E-state index contributed by atoms with van der Waals surface area (Å²) < 4.78 is 78.0. The number of benzene rings is 2. The predicted octanol–water partition coefficient (Wildman–Crippen LogP) is 4.97. The van der Waals surface area contributed by atoms with Crippen LogP contribution in [0.2, 0.25) is 0 Å². The molecule has 5 nitrogen and oxygen atoms in total. The number of nitrogens with one attached hydrogen (secondary N) is 1. The molecular weight excluding hydrogens is 389 g/mol. The molecule has 0 heterocycles. The topological polar surface area (TPSA) is 56.8 Å². The molecule has 0 aliphatic carbocycles. The Hall–Kier alpha value is -3.04. The molecule has 0 aromatic heterocycles. The first-order valence-corrected chi connectivity index (χ1v) is 7.94. The van der Waals surface area contributed by atoms with Gasteiger partial charge in [0.15, 0.2) is 11.5 Å². The Morgan fingerprint density at radius 3 is 2.32 bits per heavy atom. The van der Waals surface area contributed by atoms with E-state index in [-0.39, 0.29) is 35.1 Å². The van der Waals surface area contributed by atoms with Gasteiger partial charge in [-0.2, -0.15) is 22.0 Å². The molecular formula is C18H16F5NO4. The summed E-state index contributed by atoms with van der Waals surface area (Å²) in [5.74, 6) is -1.17. The molecule has 0 radical (unpaired) electrons. The molecule has 2 rings (SSSR count). The fourth-order valence-electron chi connectivity index (χ4n) is 2.28. The van der Waals surface area contributed by atoms with Gasteiger partial charge in [0.1, 0.15) is 5.75 Å². The molecule has 0 aliphatic rings. The number of hydrogen-bond donors (Lipinski definition) is 1. The highest BCUT2D eigenvalue weighted by atomic mass is 19.4. The van der Waals surface area contributed by atoms with E-state index >= 15 is 0 Å². The van der Waals surface area contributed by atoms with Gasteiger partial charge in [-0.15, -0.1) is 0 Å². The third-order valence-electron chi connectivity index (χ3n) is 3.50. The molecule has 10 heteroatoms. The number of hydrogen-bond acceptors (Lipinski definition) is 4. The van der Waals surface area contributed by atoms with Gasteiger partial charge < -0.3 is 19.5 Å². The van der Waals surface area contributed by atoms with Crippen LogP contribution in [-0.2, 0) is 6.18 Å². The largest absolute Gasteiger partial charge is 0.493 e. The van der Waals surface area contributed by atoms with Crippen molar-refractivity contribution in [3.05, 3.63) is 47.5 Å². The normalized spacial score (nSPS) is 11.3. The number of amides is 1. The lowest BCUT2D eigenvalue weighted by molar-refractivity contribution is -0.137. The lowest BCUT2D eigenvalue weighted by Crippen LogP contribution is -2.15. The molecule has 1 amide bonds. The maximum atomic E-state index is 12.9. The van der Waals surface area contributed by atoms with E-state index in [1.54, 1.807) is 6.92 Å². The average molecular weight is 405 g/mol. The Kier molecular flexibility index (Phi) is 6.66. The molecule has 2 aromatic carbocycles. The SMILES string of the molecule is CCOc1ccc(C(F)(F)F)cc1NC(=O)c1ccc(OC(F)F)c(OC)c1. The van der Waals surface area contributed by atoms with E-state index in [0.29, 0.717) is 0 Å². The number of rotatable bonds is 7. The van der Waals surface area contributed by atoms with Gasteiger partial charge in [0.2, 0.25) is 0 Å². The van der Waals surface area contributed by atoms with Crippen LogP contribution in [-0.4, -0.2) is 26.2 Å². The number of halogens is 5. The lowest BCUT2D eigenvalue weighted by atomic mass is 10.1. The van der Waals surface area contributed by atoms with E-state index < -0.39 is 24.3 Å². The molecule has 1 N–H and O–H groups in total. The van der Waals surface area contributed by atoms with E-state index in [1.807, 2.05) is 0 Å². The average Bonchev–Trinajstić information content (AvgIpc) is 2.62. The summed E-state index contributed by atoms with van der Waals surface area (Å²) in [7, 11) is 1.19. The van der Waals surface area contributed by atoms with Crippen LogP contribution < -0.4 is 19.5 Å². The second-order valence-electron chi connectivity index (χ2n) is 5.34. The fourth-order valence-corrected chi connectivity index (χ4v) is 2.28. The first-order valence-electron chi connectivity index (χ1n) is 7.94. The monoisotopic (exact) mass is 405 g/mol. The van der Waals surface area contributed by atoms with E-state index in [9.17, 15) is 26.7 Å². The van der Waals surface area contributed by atoms with Crippen molar-refractivity contribution >= 4 is 11.6 Å². The first kappa shape index (κ1) is 21.3. The highest BCUT2D eigenvalue weighted by molar-refractivity contribution is 6.05. The molecule has 0 aliphatic heterocycles. The summed E-state index contributed by atoms with van der Waals surface area (Å²) in [4.78, 5) is 12.4. The van der Waals surface area contributed by atoms with Crippen LogP contribution in [0.1, 0.15) is 22.8 Å². The van der Waals surface area contributed by atoms with Crippen LogP contribution in [0.15, 0.2) is 36.4 Å². The Morgan fingerprint density at radius 2 is 1.75 bits per heavy atom. The van der Waals surface area contributed by atoms with Crippen LogP contribution in [0.3, 0.4) is 0 Å². The van der Waals surface area contributed by atoms with Crippen molar-refractivity contribution in [3.8, 4) is 17.2 Å². The number of alkyl halides is 5. The van der Waals surface area contributed by atoms with E-state index in [0.717, 1.165) is 30.3 Å². The zero-order chi connectivity index (χ0) is 20.9. The van der Waals surface area contributed by atoms with Gasteiger partial charge in [-0.25, -0.2) is 0 Å².